The van der Waals surface area contributed by atoms with Gasteiger partial charge in [-0.05, 0) is 47.2 Å². The Morgan fingerprint density at radius 1 is 0.829 bits per heavy atom. The molecule has 2 heterocycles. The minimum absolute atomic E-state index is 0.252. The van der Waals surface area contributed by atoms with Gasteiger partial charge in [-0.3, -0.25) is 4.90 Å². The maximum absolute atomic E-state index is 13.2. The predicted octanol–water partition coefficient (Wildman–Crippen LogP) is 3.32. The molecular weight excluding hydrogens is 460 g/mol. The van der Waals surface area contributed by atoms with Crippen LogP contribution in [-0.2, 0) is 15.7 Å². The van der Waals surface area contributed by atoms with E-state index in [1.54, 1.807) is 24.3 Å². The molecule has 1 aromatic heterocycles. The minimum atomic E-state index is -3.62. The van der Waals surface area contributed by atoms with Crippen molar-refractivity contribution >= 4 is 15.5 Å². The second kappa shape index (κ2) is 9.97. The zero-order chi connectivity index (χ0) is 24.3. The van der Waals surface area contributed by atoms with E-state index in [9.17, 15) is 8.42 Å². The lowest BCUT2D eigenvalue weighted by atomic mass is 10.0. The number of para-hydroxylation sites is 1. The van der Waals surface area contributed by atoms with Crippen molar-refractivity contribution in [2.75, 3.05) is 31.1 Å². The highest BCUT2D eigenvalue weighted by molar-refractivity contribution is 7.90. The summed E-state index contributed by atoms with van der Waals surface area (Å²) >= 11 is 0. The number of nitrogens with zero attached hydrogens (tertiary/aromatic N) is 6. The Bertz CT molecular complexity index is 1350. The number of aryl methyl sites for hydroxylation is 1. The van der Waals surface area contributed by atoms with Gasteiger partial charge in [-0.2, -0.15) is 0 Å². The Morgan fingerprint density at radius 2 is 1.46 bits per heavy atom. The van der Waals surface area contributed by atoms with Gasteiger partial charge in [0.15, 0.2) is 21.5 Å². The molecule has 35 heavy (non-hydrogen) atoms. The van der Waals surface area contributed by atoms with Crippen molar-refractivity contribution in [1.82, 2.24) is 25.1 Å². The van der Waals surface area contributed by atoms with Crippen molar-refractivity contribution in [2.45, 2.75) is 23.7 Å². The molecule has 0 saturated carbocycles. The topological polar surface area (TPSA) is 84.2 Å². The van der Waals surface area contributed by atoms with Gasteiger partial charge < -0.3 is 4.90 Å². The molecular formula is C26H28N6O2S. The Morgan fingerprint density at radius 3 is 2.11 bits per heavy atom. The molecule has 1 aliphatic heterocycles. The molecule has 3 aromatic carbocycles. The Kier molecular flexibility index (Phi) is 6.61. The summed E-state index contributed by atoms with van der Waals surface area (Å²) in [4.78, 5) is 4.95. The molecule has 4 aromatic rings. The van der Waals surface area contributed by atoms with Gasteiger partial charge in [-0.1, -0.05) is 66.2 Å². The van der Waals surface area contributed by atoms with Gasteiger partial charge in [0.25, 0.3) is 0 Å². The van der Waals surface area contributed by atoms with Gasteiger partial charge in [0.2, 0.25) is 0 Å². The third-order valence-electron chi connectivity index (χ3n) is 6.39. The van der Waals surface area contributed by atoms with E-state index in [4.69, 9.17) is 0 Å². The smallest absolute Gasteiger partial charge is 0.198 e. The molecule has 0 N–H and O–H groups in total. The van der Waals surface area contributed by atoms with Crippen LogP contribution in [0.1, 0.15) is 23.0 Å². The first kappa shape index (κ1) is 23.2. The highest BCUT2D eigenvalue weighted by atomic mass is 32.2. The van der Waals surface area contributed by atoms with Gasteiger partial charge >= 0.3 is 0 Å². The molecule has 5 rings (SSSR count). The van der Waals surface area contributed by atoms with E-state index in [1.807, 2.05) is 43.3 Å². The SMILES string of the molecule is Cc1ccc(S(=O)(=O)Cn2nnnc2[C@H](c2ccccc2)N2CCN(c3ccccc3)CC2)cc1. The molecule has 0 radical (unpaired) electrons. The number of rotatable bonds is 7. The fraction of sp³-hybridized carbons (Fsp3) is 0.269. The molecule has 9 heteroatoms. The van der Waals surface area contributed by atoms with Gasteiger partial charge in [0.05, 0.1) is 10.9 Å². The molecule has 180 valence electrons. The summed E-state index contributed by atoms with van der Waals surface area (Å²) in [7, 11) is -3.62. The number of aromatic nitrogens is 4. The number of tetrazole rings is 1. The summed E-state index contributed by atoms with van der Waals surface area (Å²) < 4.78 is 27.8. The van der Waals surface area contributed by atoms with Crippen LogP contribution in [0.25, 0.3) is 0 Å². The number of benzene rings is 3. The van der Waals surface area contributed by atoms with Crippen LogP contribution in [0.15, 0.2) is 89.8 Å². The van der Waals surface area contributed by atoms with Crippen LogP contribution in [-0.4, -0.2) is 59.7 Å². The van der Waals surface area contributed by atoms with Crippen LogP contribution in [0.4, 0.5) is 5.69 Å². The molecule has 0 spiro atoms. The van der Waals surface area contributed by atoms with Crippen LogP contribution in [0.3, 0.4) is 0 Å². The second-order valence-corrected chi connectivity index (χ2v) is 10.7. The average Bonchev–Trinajstić information content (AvgIpc) is 3.33. The third kappa shape index (κ3) is 5.11. The third-order valence-corrected chi connectivity index (χ3v) is 7.97. The maximum atomic E-state index is 13.2. The Balaban J connectivity index is 1.43. The van der Waals surface area contributed by atoms with Gasteiger partial charge in [-0.15, -0.1) is 5.10 Å². The number of hydrogen-bond acceptors (Lipinski definition) is 7. The van der Waals surface area contributed by atoms with E-state index in [0.717, 1.165) is 37.3 Å². The van der Waals surface area contributed by atoms with Crippen molar-refractivity contribution in [3.63, 3.8) is 0 Å². The van der Waals surface area contributed by atoms with Crippen molar-refractivity contribution in [3.8, 4) is 0 Å². The normalized spacial score (nSPS) is 15.7. The predicted molar refractivity (Wildman–Crippen MR) is 135 cm³/mol. The maximum Gasteiger partial charge on any atom is 0.198 e. The van der Waals surface area contributed by atoms with E-state index >= 15 is 0 Å². The fourth-order valence-electron chi connectivity index (χ4n) is 4.52. The van der Waals surface area contributed by atoms with Gasteiger partial charge in [0, 0.05) is 31.9 Å². The van der Waals surface area contributed by atoms with Crippen LogP contribution >= 0.6 is 0 Å². The van der Waals surface area contributed by atoms with Crippen LogP contribution < -0.4 is 4.90 Å². The first-order valence-electron chi connectivity index (χ1n) is 11.7. The largest absolute Gasteiger partial charge is 0.369 e. The van der Waals surface area contributed by atoms with Gasteiger partial charge in [0.1, 0.15) is 0 Å². The lowest BCUT2D eigenvalue weighted by Gasteiger charge is -2.39. The monoisotopic (exact) mass is 488 g/mol. The lowest BCUT2D eigenvalue weighted by Crippen LogP contribution is -2.48. The van der Waals surface area contributed by atoms with Crippen molar-refractivity contribution in [1.29, 1.82) is 0 Å². The second-order valence-electron chi connectivity index (χ2n) is 8.77. The van der Waals surface area contributed by atoms with Crippen LogP contribution in [0, 0.1) is 6.92 Å². The number of piperazine rings is 1. The Labute approximate surface area is 205 Å². The molecule has 1 saturated heterocycles. The number of hydrogen-bond donors (Lipinski definition) is 0. The van der Waals surface area contributed by atoms with Crippen LogP contribution in [0.5, 0.6) is 0 Å². The van der Waals surface area contributed by atoms with E-state index < -0.39 is 9.84 Å². The molecule has 0 amide bonds. The molecule has 1 atom stereocenters. The van der Waals surface area contributed by atoms with Crippen molar-refractivity contribution < 1.29 is 8.42 Å². The van der Waals surface area contributed by atoms with E-state index in [-0.39, 0.29) is 16.8 Å². The first-order valence-corrected chi connectivity index (χ1v) is 13.3. The standard InChI is InChI=1S/C26H28N6O2S/c1-21-12-14-24(15-13-21)35(33,34)20-32-26(27-28-29-32)25(22-8-4-2-5-9-22)31-18-16-30(17-19-31)23-10-6-3-7-11-23/h2-15,25H,16-20H2,1H3/t25-/m0/s1. The van der Waals surface area contributed by atoms with E-state index in [2.05, 4.69) is 49.6 Å². The highest BCUT2D eigenvalue weighted by Gasteiger charge is 2.32. The molecule has 0 aliphatic carbocycles. The lowest BCUT2D eigenvalue weighted by molar-refractivity contribution is 0.202. The van der Waals surface area contributed by atoms with Crippen molar-refractivity contribution in [3.05, 3.63) is 102 Å². The first-order chi connectivity index (χ1) is 17.0. The number of sulfone groups is 1. The quantitative estimate of drug-likeness (QED) is 0.395. The molecule has 1 fully saturated rings. The summed E-state index contributed by atoms with van der Waals surface area (Å²) in [5, 5.41) is 12.3. The summed E-state index contributed by atoms with van der Waals surface area (Å²) in [6, 6.07) is 27.0. The Hall–Kier alpha value is -3.56. The average molecular weight is 489 g/mol. The number of anilines is 1. The molecule has 1 aliphatic rings. The molecule has 0 unspecified atom stereocenters. The molecule has 0 bridgehead atoms. The van der Waals surface area contributed by atoms with Gasteiger partial charge in [-0.25, -0.2) is 13.1 Å². The zero-order valence-corrected chi connectivity index (χ0v) is 20.4. The molecule has 8 nitrogen and oxygen atoms in total. The summed E-state index contributed by atoms with van der Waals surface area (Å²) in [6.45, 7) is 5.24. The van der Waals surface area contributed by atoms with Crippen molar-refractivity contribution in [2.24, 2.45) is 0 Å². The van der Waals surface area contributed by atoms with E-state index in [0.29, 0.717) is 5.82 Å². The highest BCUT2D eigenvalue weighted by Crippen LogP contribution is 2.29. The fourth-order valence-corrected chi connectivity index (χ4v) is 5.72. The summed E-state index contributed by atoms with van der Waals surface area (Å²) in [6.07, 6.45) is 0. The summed E-state index contributed by atoms with van der Waals surface area (Å²) in [5.41, 5.74) is 3.24. The van der Waals surface area contributed by atoms with E-state index in [1.165, 1.54) is 10.4 Å². The van der Waals surface area contributed by atoms with Crippen LogP contribution in [0.2, 0.25) is 0 Å². The zero-order valence-electron chi connectivity index (χ0n) is 19.6. The minimum Gasteiger partial charge on any atom is -0.369 e. The summed E-state index contributed by atoms with van der Waals surface area (Å²) in [5.74, 6) is 0.214.